The van der Waals surface area contributed by atoms with E-state index in [-0.39, 0.29) is 36.8 Å². The Morgan fingerprint density at radius 1 is 1.07 bits per heavy atom. The van der Waals surface area contributed by atoms with Crippen molar-refractivity contribution in [2.24, 2.45) is 0 Å². The first-order valence-corrected chi connectivity index (χ1v) is 17.2. The van der Waals surface area contributed by atoms with Gasteiger partial charge in [0.05, 0.1) is 11.7 Å². The van der Waals surface area contributed by atoms with Crippen molar-refractivity contribution in [3.05, 3.63) is 53.3 Å². The predicted molar refractivity (Wildman–Crippen MR) is 165 cm³/mol. The molecule has 3 aliphatic rings. The smallest absolute Gasteiger partial charge is 0.259 e. The molecule has 44 heavy (non-hydrogen) atoms. The number of hydrogen-bond donors (Lipinski definition) is 3. The molecular weight excluding hydrogens is 588 g/mol. The normalized spacial score (nSPS) is 25.3. The maximum Gasteiger partial charge on any atom is 0.259 e. The summed E-state index contributed by atoms with van der Waals surface area (Å²) in [6.07, 6.45) is 5.27. The van der Waals surface area contributed by atoms with E-state index in [0.29, 0.717) is 47.3 Å². The van der Waals surface area contributed by atoms with E-state index in [4.69, 9.17) is 4.74 Å². The summed E-state index contributed by atoms with van der Waals surface area (Å²) in [5.74, 6) is -1.02. The van der Waals surface area contributed by atoms with Gasteiger partial charge >= 0.3 is 0 Å². The Balaban J connectivity index is 1.42. The molecule has 0 bridgehead atoms. The topological polar surface area (TPSA) is 114 Å². The molecule has 2 aliphatic carbocycles. The third kappa shape index (κ3) is 6.78. The van der Waals surface area contributed by atoms with Crippen molar-refractivity contribution >= 4 is 21.8 Å². The molecule has 2 amide bonds. The second-order valence-electron chi connectivity index (χ2n) is 14.0. The molecule has 2 aromatic carbocycles. The SMILES string of the molecule is CC1(C)C[C@](F)(C(=O)N[C@@H]2CC[C@@H](Oc3ccc(C(C)(C)C(=O)NS(C)(=O)=O)cc3-c3cccc(F)c3C3CCC3)C2)CN1. The number of hydrogen-bond acceptors (Lipinski definition) is 6. The van der Waals surface area contributed by atoms with Crippen molar-refractivity contribution in [3.63, 3.8) is 0 Å². The highest BCUT2D eigenvalue weighted by atomic mass is 32.2. The first-order chi connectivity index (χ1) is 20.5. The molecular formula is C33H43F2N3O5S. The number of alkyl halides is 1. The van der Waals surface area contributed by atoms with Crippen molar-refractivity contribution < 1.29 is 31.5 Å². The maximum absolute atomic E-state index is 15.4. The standard InChI is InChI=1S/C33H43F2N3O5S/c1-31(2)18-33(35,19-36-31)30(40)37-22-13-14-23(17-22)43-27-15-12-21(32(3,4)29(39)38-44(5,41)42)16-25(27)24-10-7-11-26(34)28(24)20-8-6-9-20/h7,10-12,15-16,20,22-23,36H,6,8-9,13-14,17-19H2,1-5H3,(H,37,40)(H,38,39)/t22-,23-,33-/m1/s1. The van der Waals surface area contributed by atoms with Crippen LogP contribution >= 0.6 is 0 Å². The molecule has 0 aromatic heterocycles. The van der Waals surface area contributed by atoms with Gasteiger partial charge in [0.15, 0.2) is 0 Å². The van der Waals surface area contributed by atoms with Gasteiger partial charge in [0.25, 0.3) is 5.91 Å². The van der Waals surface area contributed by atoms with E-state index in [1.54, 1.807) is 38.1 Å². The number of benzene rings is 2. The highest BCUT2D eigenvalue weighted by Gasteiger charge is 2.50. The van der Waals surface area contributed by atoms with Crippen LogP contribution in [0.5, 0.6) is 5.75 Å². The van der Waals surface area contributed by atoms with Crippen molar-refractivity contribution in [1.82, 2.24) is 15.4 Å². The van der Waals surface area contributed by atoms with Crippen LogP contribution in [0.3, 0.4) is 0 Å². The van der Waals surface area contributed by atoms with Gasteiger partial charge in [0.2, 0.25) is 21.6 Å². The number of carbonyl (C=O) groups is 2. The molecule has 11 heteroatoms. The lowest BCUT2D eigenvalue weighted by molar-refractivity contribution is -0.132. The Bertz CT molecular complexity index is 1560. The molecule has 3 fully saturated rings. The average molecular weight is 632 g/mol. The third-order valence-corrected chi connectivity index (χ3v) is 9.95. The summed E-state index contributed by atoms with van der Waals surface area (Å²) in [6, 6.07) is 9.95. The lowest BCUT2D eigenvalue weighted by atomic mass is 9.76. The Hall–Kier alpha value is -3.05. The average Bonchev–Trinajstić information content (AvgIpc) is 3.45. The summed E-state index contributed by atoms with van der Waals surface area (Å²) in [5, 5.41) is 5.96. The summed E-state index contributed by atoms with van der Waals surface area (Å²) in [5.41, 5.74) is -1.21. The van der Waals surface area contributed by atoms with Crippen LogP contribution in [0.2, 0.25) is 0 Å². The number of amides is 2. The van der Waals surface area contributed by atoms with Gasteiger partial charge in [-0.3, -0.25) is 14.3 Å². The van der Waals surface area contributed by atoms with E-state index in [2.05, 4.69) is 15.4 Å². The van der Waals surface area contributed by atoms with Crippen LogP contribution in [0.25, 0.3) is 11.1 Å². The molecule has 1 heterocycles. The van der Waals surface area contributed by atoms with Gasteiger partial charge in [-0.1, -0.05) is 24.6 Å². The van der Waals surface area contributed by atoms with Gasteiger partial charge < -0.3 is 15.4 Å². The van der Waals surface area contributed by atoms with Crippen LogP contribution in [0, 0.1) is 5.82 Å². The Kier molecular flexibility index (Phi) is 8.61. The Labute approximate surface area is 258 Å². The van der Waals surface area contributed by atoms with Crippen molar-refractivity contribution in [1.29, 1.82) is 0 Å². The van der Waals surface area contributed by atoms with Crippen LogP contribution in [0.15, 0.2) is 36.4 Å². The maximum atomic E-state index is 15.4. The summed E-state index contributed by atoms with van der Waals surface area (Å²) >= 11 is 0. The van der Waals surface area contributed by atoms with Gasteiger partial charge in [0, 0.05) is 36.5 Å². The van der Waals surface area contributed by atoms with Crippen LogP contribution in [-0.2, 0) is 25.0 Å². The largest absolute Gasteiger partial charge is 0.490 e. The van der Waals surface area contributed by atoms with E-state index in [9.17, 15) is 18.0 Å². The minimum Gasteiger partial charge on any atom is -0.490 e. The zero-order valence-corrected chi connectivity index (χ0v) is 26.9. The Morgan fingerprint density at radius 3 is 2.41 bits per heavy atom. The first-order valence-electron chi connectivity index (χ1n) is 15.3. The second kappa shape index (κ2) is 11.7. The zero-order chi connectivity index (χ0) is 32.1. The van der Waals surface area contributed by atoms with Crippen molar-refractivity contribution in [2.75, 3.05) is 12.8 Å². The van der Waals surface area contributed by atoms with Gasteiger partial charge in [-0.05, 0) is 94.2 Å². The van der Waals surface area contributed by atoms with E-state index < -0.39 is 38.5 Å². The minimum atomic E-state index is -3.78. The molecule has 0 spiro atoms. The summed E-state index contributed by atoms with van der Waals surface area (Å²) in [6.45, 7) is 6.99. The fraction of sp³-hybridized carbons (Fsp3) is 0.576. The lowest BCUT2D eigenvalue weighted by Crippen LogP contribution is -2.48. The van der Waals surface area contributed by atoms with Gasteiger partial charge in [0.1, 0.15) is 17.7 Å². The molecule has 3 N–H and O–H groups in total. The number of carbonyl (C=O) groups excluding carboxylic acids is 2. The molecule has 0 radical (unpaired) electrons. The molecule has 240 valence electrons. The molecule has 1 aliphatic heterocycles. The van der Waals surface area contributed by atoms with Crippen LogP contribution < -0.4 is 20.1 Å². The Morgan fingerprint density at radius 2 is 1.80 bits per heavy atom. The highest BCUT2D eigenvalue weighted by Crippen LogP contribution is 2.46. The van der Waals surface area contributed by atoms with E-state index in [0.717, 1.165) is 25.5 Å². The van der Waals surface area contributed by atoms with Gasteiger partial charge in [-0.2, -0.15) is 0 Å². The number of halogens is 2. The number of rotatable bonds is 9. The van der Waals surface area contributed by atoms with E-state index in [1.807, 2.05) is 19.9 Å². The summed E-state index contributed by atoms with van der Waals surface area (Å²) in [7, 11) is -3.78. The van der Waals surface area contributed by atoms with Gasteiger partial charge in [-0.25, -0.2) is 17.2 Å². The zero-order valence-electron chi connectivity index (χ0n) is 26.1. The van der Waals surface area contributed by atoms with Crippen LogP contribution in [-0.4, -0.2) is 56.4 Å². The molecule has 8 nitrogen and oxygen atoms in total. The van der Waals surface area contributed by atoms with Crippen LogP contribution in [0.4, 0.5) is 8.78 Å². The van der Waals surface area contributed by atoms with Crippen molar-refractivity contribution in [3.8, 4) is 16.9 Å². The molecule has 3 atom stereocenters. The van der Waals surface area contributed by atoms with Crippen LogP contribution in [0.1, 0.15) is 89.7 Å². The molecule has 0 unspecified atom stereocenters. The third-order valence-electron chi connectivity index (χ3n) is 9.39. The lowest BCUT2D eigenvalue weighted by Gasteiger charge is -2.30. The summed E-state index contributed by atoms with van der Waals surface area (Å²) in [4.78, 5) is 25.9. The monoisotopic (exact) mass is 631 g/mol. The predicted octanol–water partition coefficient (Wildman–Crippen LogP) is 5.01. The molecule has 2 saturated carbocycles. The fourth-order valence-electron chi connectivity index (χ4n) is 6.58. The van der Waals surface area contributed by atoms with E-state index >= 15 is 8.78 Å². The summed E-state index contributed by atoms with van der Waals surface area (Å²) < 4.78 is 63.0. The molecule has 1 saturated heterocycles. The number of ether oxygens (including phenoxy) is 1. The number of sulfonamides is 1. The fourth-order valence-corrected chi connectivity index (χ4v) is 7.17. The molecule has 2 aromatic rings. The molecule has 5 rings (SSSR count). The van der Waals surface area contributed by atoms with Gasteiger partial charge in [-0.15, -0.1) is 0 Å². The van der Waals surface area contributed by atoms with Crippen molar-refractivity contribution in [2.45, 2.75) is 107 Å². The quantitative estimate of drug-likeness (QED) is 0.359. The highest BCUT2D eigenvalue weighted by molar-refractivity contribution is 7.89. The second-order valence-corrected chi connectivity index (χ2v) is 15.7. The minimum absolute atomic E-state index is 0.0241. The number of nitrogens with one attached hydrogen (secondary N) is 3. The first kappa shape index (κ1) is 32.3. The van der Waals surface area contributed by atoms with E-state index in [1.165, 1.54) is 6.07 Å².